The van der Waals surface area contributed by atoms with Crippen molar-refractivity contribution in [2.24, 2.45) is 0 Å². The van der Waals surface area contributed by atoms with E-state index in [0.29, 0.717) is 17.9 Å². The van der Waals surface area contributed by atoms with E-state index in [-0.39, 0.29) is 18.6 Å². The van der Waals surface area contributed by atoms with E-state index in [1.54, 1.807) is 0 Å². The molecule has 0 spiro atoms. The van der Waals surface area contributed by atoms with Crippen molar-refractivity contribution in [3.8, 4) is 0 Å². The number of aliphatic hydroxyl groups excluding tert-OH is 2. The molecule has 0 aromatic rings. The largest absolute Gasteiger partial charge is 0.468 e. The van der Waals surface area contributed by atoms with Crippen LogP contribution in [-0.4, -0.2) is 59.1 Å². The number of aliphatic hydroxyl groups is 2. The van der Waals surface area contributed by atoms with Gasteiger partial charge in [-0.1, -0.05) is 0 Å². The highest BCUT2D eigenvalue weighted by Crippen LogP contribution is 2.17. The Morgan fingerprint density at radius 2 is 2.11 bits per heavy atom. The average Bonchev–Trinajstić information content (AvgIpc) is 2.32. The van der Waals surface area contributed by atoms with Gasteiger partial charge < -0.3 is 14.9 Å². The molecule has 5 nitrogen and oxygen atoms in total. The Balaban J connectivity index is 4.21. The lowest BCUT2D eigenvalue weighted by Gasteiger charge is -2.30. The molecule has 0 aliphatic rings. The summed E-state index contributed by atoms with van der Waals surface area (Å²) < 4.78 is 4.82. The zero-order valence-corrected chi connectivity index (χ0v) is 12.4. The Bertz CT molecular complexity index is 250. The van der Waals surface area contributed by atoms with E-state index in [1.165, 1.54) is 18.9 Å². The monoisotopic (exact) mass is 279 g/mol. The van der Waals surface area contributed by atoms with Crippen molar-refractivity contribution >= 4 is 17.7 Å². The van der Waals surface area contributed by atoms with Crippen LogP contribution in [0.2, 0.25) is 0 Å². The number of carbonyl (C=O) groups is 1. The van der Waals surface area contributed by atoms with Gasteiger partial charge in [-0.2, -0.15) is 11.8 Å². The molecule has 3 N–H and O–H groups in total. The van der Waals surface area contributed by atoms with Crippen molar-refractivity contribution in [2.75, 3.05) is 25.2 Å². The fourth-order valence-electron chi connectivity index (χ4n) is 1.64. The van der Waals surface area contributed by atoms with Crippen LogP contribution in [0.15, 0.2) is 0 Å². The molecule has 0 amide bonds. The van der Waals surface area contributed by atoms with E-state index < -0.39 is 11.6 Å². The molecule has 108 valence electrons. The molecule has 0 aliphatic heterocycles. The van der Waals surface area contributed by atoms with Gasteiger partial charge in [-0.3, -0.25) is 10.1 Å². The Morgan fingerprint density at radius 1 is 1.50 bits per heavy atom. The number of nitrogens with one attached hydrogen (secondary N) is 1. The van der Waals surface area contributed by atoms with E-state index in [0.717, 1.165) is 0 Å². The SMILES string of the molecule is COC(=O)C(C)(CCSCC(O)CO)NC(C)C. The van der Waals surface area contributed by atoms with Gasteiger partial charge in [0.05, 0.1) is 19.8 Å². The molecule has 0 aromatic carbocycles. The second kappa shape index (κ2) is 8.74. The lowest BCUT2D eigenvalue weighted by molar-refractivity contribution is -0.148. The molecular formula is C12H25NO4S. The Morgan fingerprint density at radius 3 is 2.56 bits per heavy atom. The third kappa shape index (κ3) is 6.58. The molecule has 2 atom stereocenters. The highest BCUT2D eigenvalue weighted by Gasteiger charge is 2.34. The Hall–Kier alpha value is -0.300. The summed E-state index contributed by atoms with van der Waals surface area (Å²) in [4.78, 5) is 11.8. The predicted octanol–water partition coefficient (Wildman–Crippen LogP) is 0.393. The standard InChI is InChI=1S/C12H25NO4S/c1-9(2)13-12(3,11(16)17-4)5-6-18-8-10(15)7-14/h9-10,13-15H,5-8H2,1-4H3. The summed E-state index contributed by atoms with van der Waals surface area (Å²) in [5, 5.41) is 21.1. The van der Waals surface area contributed by atoms with E-state index in [9.17, 15) is 9.90 Å². The molecule has 0 heterocycles. The summed E-state index contributed by atoms with van der Waals surface area (Å²) >= 11 is 1.51. The van der Waals surface area contributed by atoms with Crippen molar-refractivity contribution in [2.45, 2.75) is 44.9 Å². The highest BCUT2D eigenvalue weighted by molar-refractivity contribution is 7.99. The van der Waals surface area contributed by atoms with Crippen molar-refractivity contribution in [1.29, 1.82) is 0 Å². The maximum Gasteiger partial charge on any atom is 0.325 e. The zero-order chi connectivity index (χ0) is 14.2. The summed E-state index contributed by atoms with van der Waals surface area (Å²) in [6.45, 7) is 5.54. The fraction of sp³-hybridized carbons (Fsp3) is 0.917. The first kappa shape index (κ1) is 17.7. The van der Waals surface area contributed by atoms with Gasteiger partial charge >= 0.3 is 5.97 Å². The van der Waals surface area contributed by atoms with E-state index in [4.69, 9.17) is 9.84 Å². The van der Waals surface area contributed by atoms with Crippen LogP contribution in [0, 0.1) is 0 Å². The van der Waals surface area contributed by atoms with E-state index in [1.807, 2.05) is 20.8 Å². The highest BCUT2D eigenvalue weighted by atomic mass is 32.2. The van der Waals surface area contributed by atoms with Crippen LogP contribution in [-0.2, 0) is 9.53 Å². The topological polar surface area (TPSA) is 78.8 Å². The minimum Gasteiger partial charge on any atom is -0.468 e. The normalized spacial score (nSPS) is 16.4. The third-order valence-corrected chi connectivity index (χ3v) is 3.62. The maximum atomic E-state index is 11.8. The van der Waals surface area contributed by atoms with Crippen molar-refractivity contribution in [3.05, 3.63) is 0 Å². The second-order valence-electron chi connectivity index (χ2n) is 4.78. The number of hydrogen-bond acceptors (Lipinski definition) is 6. The lowest BCUT2D eigenvalue weighted by atomic mass is 9.98. The number of methoxy groups -OCH3 is 1. The molecular weight excluding hydrogens is 254 g/mol. The van der Waals surface area contributed by atoms with Gasteiger partial charge in [0.15, 0.2) is 0 Å². The predicted molar refractivity (Wildman–Crippen MR) is 73.7 cm³/mol. The van der Waals surface area contributed by atoms with Crippen LogP contribution in [0.25, 0.3) is 0 Å². The van der Waals surface area contributed by atoms with Gasteiger partial charge in [0.25, 0.3) is 0 Å². The molecule has 6 heteroatoms. The lowest BCUT2D eigenvalue weighted by Crippen LogP contribution is -2.53. The van der Waals surface area contributed by atoms with Crippen LogP contribution >= 0.6 is 11.8 Å². The number of ether oxygens (including phenoxy) is 1. The van der Waals surface area contributed by atoms with Crippen molar-refractivity contribution in [3.63, 3.8) is 0 Å². The van der Waals surface area contributed by atoms with Crippen LogP contribution in [0.5, 0.6) is 0 Å². The number of thioether (sulfide) groups is 1. The average molecular weight is 279 g/mol. The second-order valence-corrected chi connectivity index (χ2v) is 5.93. The van der Waals surface area contributed by atoms with Gasteiger partial charge in [-0.25, -0.2) is 0 Å². The summed E-state index contributed by atoms with van der Waals surface area (Å²) in [6, 6.07) is 0.183. The first-order valence-electron chi connectivity index (χ1n) is 6.08. The van der Waals surface area contributed by atoms with Gasteiger partial charge in [0.2, 0.25) is 0 Å². The van der Waals surface area contributed by atoms with Gasteiger partial charge in [-0.15, -0.1) is 0 Å². The fourth-order valence-corrected chi connectivity index (χ4v) is 2.74. The number of esters is 1. The quantitative estimate of drug-likeness (QED) is 0.419. The molecule has 0 saturated carbocycles. The third-order valence-electron chi connectivity index (χ3n) is 2.51. The van der Waals surface area contributed by atoms with Crippen LogP contribution in [0.1, 0.15) is 27.2 Å². The van der Waals surface area contributed by atoms with Crippen molar-refractivity contribution in [1.82, 2.24) is 5.32 Å². The van der Waals surface area contributed by atoms with Gasteiger partial charge in [-0.05, 0) is 32.9 Å². The number of hydrogen-bond donors (Lipinski definition) is 3. The van der Waals surface area contributed by atoms with Gasteiger partial charge in [0, 0.05) is 11.8 Å². The summed E-state index contributed by atoms with van der Waals surface area (Å²) in [5.74, 6) is 0.900. The van der Waals surface area contributed by atoms with E-state index >= 15 is 0 Å². The van der Waals surface area contributed by atoms with Crippen LogP contribution in [0.3, 0.4) is 0 Å². The molecule has 0 fully saturated rings. The van der Waals surface area contributed by atoms with Crippen LogP contribution < -0.4 is 5.32 Å². The summed E-state index contributed by atoms with van der Waals surface area (Å²) in [7, 11) is 1.38. The molecule has 2 unspecified atom stereocenters. The maximum absolute atomic E-state index is 11.8. The molecule has 0 aliphatic carbocycles. The summed E-state index contributed by atoms with van der Waals surface area (Å²) in [6.07, 6.45) is -0.0850. The molecule has 0 bridgehead atoms. The minimum atomic E-state index is -0.708. The van der Waals surface area contributed by atoms with Gasteiger partial charge in [0.1, 0.15) is 5.54 Å². The van der Waals surface area contributed by atoms with Crippen LogP contribution in [0.4, 0.5) is 0 Å². The molecule has 18 heavy (non-hydrogen) atoms. The minimum absolute atomic E-state index is 0.183. The number of rotatable bonds is 9. The van der Waals surface area contributed by atoms with E-state index in [2.05, 4.69) is 5.32 Å². The Labute approximate surface area is 113 Å². The smallest absolute Gasteiger partial charge is 0.325 e. The number of carbonyl (C=O) groups excluding carboxylic acids is 1. The molecule has 0 rings (SSSR count). The molecule has 0 saturated heterocycles. The molecule has 0 radical (unpaired) electrons. The molecule has 0 aromatic heterocycles. The summed E-state index contributed by atoms with van der Waals surface area (Å²) in [5.41, 5.74) is -0.708. The van der Waals surface area contributed by atoms with Crippen molar-refractivity contribution < 1.29 is 19.7 Å². The zero-order valence-electron chi connectivity index (χ0n) is 11.6. The Kier molecular flexibility index (Phi) is 8.60. The first-order valence-corrected chi connectivity index (χ1v) is 7.24. The first-order chi connectivity index (χ1) is 8.35.